The number of pyridine rings is 2. The quantitative estimate of drug-likeness (QED) is 0.391. The van der Waals surface area contributed by atoms with Gasteiger partial charge in [-0.05, 0) is 70.9 Å². The molecular weight excluding hydrogens is 461 g/mol. The van der Waals surface area contributed by atoms with Crippen LogP contribution in [0.25, 0.3) is 11.3 Å². The van der Waals surface area contributed by atoms with Gasteiger partial charge in [0, 0.05) is 36.1 Å². The third-order valence-corrected chi connectivity index (χ3v) is 6.49. The fraction of sp³-hybridized carbons (Fsp3) is 0.607. The molecule has 7 nitrogen and oxygen atoms in total. The first-order valence-corrected chi connectivity index (χ1v) is 12.7. The minimum Gasteiger partial charge on any atom is -0.492 e. The number of ether oxygens (including phenoxy) is 2. The van der Waals surface area contributed by atoms with Crippen molar-refractivity contribution < 1.29 is 23.8 Å². The highest BCUT2D eigenvalue weighted by Crippen LogP contribution is 2.43. The van der Waals surface area contributed by atoms with Gasteiger partial charge in [-0.25, -0.2) is 4.79 Å². The standard InChI is InChI=1S/C28H40FN3O4/c1-19-23(25(26(33)34)36-27(2,3)4)24(32-14-11-28(5,6)12-15-32)21(18-30-19)22-10-9-20(17-31-22)35-16-8-7-13-29/h9-10,17-18,25H,7-8,11-16H2,1-6H3,(H,33,34)/t25-/m0/s1. The molecule has 3 rings (SSSR count). The number of carboxylic acid groups (broad SMARTS) is 1. The number of aliphatic carboxylic acids is 1. The molecule has 0 bridgehead atoms. The number of nitrogens with zero attached hydrogens (tertiary/aromatic N) is 3. The Kier molecular flexibility index (Phi) is 8.93. The van der Waals surface area contributed by atoms with Crippen molar-refractivity contribution in [3.05, 3.63) is 35.8 Å². The molecule has 0 saturated carbocycles. The van der Waals surface area contributed by atoms with Crippen LogP contribution in [0.2, 0.25) is 0 Å². The molecule has 1 aliphatic rings. The number of rotatable bonds is 10. The topological polar surface area (TPSA) is 84.8 Å². The van der Waals surface area contributed by atoms with Gasteiger partial charge in [-0.15, -0.1) is 0 Å². The largest absolute Gasteiger partial charge is 0.492 e. The molecule has 0 spiro atoms. The number of piperidine rings is 1. The lowest BCUT2D eigenvalue weighted by molar-refractivity contribution is -0.160. The van der Waals surface area contributed by atoms with Crippen molar-refractivity contribution in [2.75, 3.05) is 31.3 Å². The Morgan fingerprint density at radius 1 is 1.17 bits per heavy atom. The molecule has 1 N–H and O–H groups in total. The van der Waals surface area contributed by atoms with Crippen LogP contribution in [0.1, 0.15) is 77.7 Å². The van der Waals surface area contributed by atoms with E-state index >= 15 is 0 Å². The van der Waals surface area contributed by atoms with Crippen LogP contribution in [0.5, 0.6) is 5.75 Å². The highest BCUT2D eigenvalue weighted by Gasteiger charge is 2.35. The van der Waals surface area contributed by atoms with Gasteiger partial charge < -0.3 is 19.5 Å². The first kappa shape index (κ1) is 27.8. The second kappa shape index (κ2) is 11.5. The third-order valence-electron chi connectivity index (χ3n) is 6.49. The maximum atomic E-state index is 12.5. The van der Waals surface area contributed by atoms with Crippen LogP contribution in [-0.4, -0.2) is 53.0 Å². The van der Waals surface area contributed by atoms with E-state index in [0.29, 0.717) is 42.1 Å². The number of hydrogen-bond acceptors (Lipinski definition) is 6. The van der Waals surface area contributed by atoms with Crippen molar-refractivity contribution in [2.45, 2.75) is 78.9 Å². The fourth-order valence-electron chi connectivity index (χ4n) is 4.38. The Morgan fingerprint density at radius 2 is 1.86 bits per heavy atom. The SMILES string of the molecule is Cc1ncc(-c2ccc(OCCCCF)cn2)c(N2CCC(C)(C)CC2)c1[C@H](OC(C)(C)C)C(=O)O. The smallest absolute Gasteiger partial charge is 0.337 e. The van der Waals surface area contributed by atoms with Gasteiger partial charge in [0.05, 0.1) is 36.5 Å². The van der Waals surface area contributed by atoms with Crippen LogP contribution in [0.4, 0.5) is 10.1 Å². The zero-order valence-corrected chi connectivity index (χ0v) is 22.4. The lowest BCUT2D eigenvalue weighted by Gasteiger charge is -2.40. The van der Waals surface area contributed by atoms with Crippen molar-refractivity contribution in [1.29, 1.82) is 0 Å². The van der Waals surface area contributed by atoms with Gasteiger partial charge in [0.15, 0.2) is 6.10 Å². The first-order chi connectivity index (χ1) is 16.9. The van der Waals surface area contributed by atoms with E-state index in [4.69, 9.17) is 9.47 Å². The zero-order valence-electron chi connectivity index (χ0n) is 22.4. The Labute approximate surface area is 214 Å². The van der Waals surface area contributed by atoms with Crippen LogP contribution in [-0.2, 0) is 9.53 Å². The van der Waals surface area contributed by atoms with Crippen LogP contribution in [0, 0.1) is 12.3 Å². The molecule has 0 unspecified atom stereocenters. The third kappa shape index (κ3) is 7.15. The highest BCUT2D eigenvalue weighted by atomic mass is 19.1. The predicted molar refractivity (Wildman–Crippen MR) is 139 cm³/mol. The second-order valence-corrected chi connectivity index (χ2v) is 11.2. The van der Waals surface area contributed by atoms with Crippen LogP contribution in [0.15, 0.2) is 24.5 Å². The molecule has 36 heavy (non-hydrogen) atoms. The molecule has 1 atom stereocenters. The summed E-state index contributed by atoms with van der Waals surface area (Å²) in [6.45, 7) is 13.6. The summed E-state index contributed by atoms with van der Waals surface area (Å²) in [7, 11) is 0. The summed E-state index contributed by atoms with van der Waals surface area (Å²) in [5, 5.41) is 10.2. The number of aromatic nitrogens is 2. The zero-order chi connectivity index (χ0) is 26.5. The van der Waals surface area contributed by atoms with Crippen molar-refractivity contribution in [1.82, 2.24) is 9.97 Å². The molecule has 2 aromatic rings. The van der Waals surface area contributed by atoms with Crippen LogP contribution >= 0.6 is 0 Å². The number of anilines is 1. The van der Waals surface area contributed by atoms with Gasteiger partial charge in [0.2, 0.25) is 0 Å². The van der Waals surface area contributed by atoms with E-state index in [2.05, 4.69) is 28.7 Å². The molecule has 1 fully saturated rings. The van der Waals surface area contributed by atoms with E-state index in [-0.39, 0.29) is 12.1 Å². The molecule has 0 aromatic carbocycles. The predicted octanol–water partition coefficient (Wildman–Crippen LogP) is 6.15. The van der Waals surface area contributed by atoms with Gasteiger partial charge >= 0.3 is 5.97 Å². The van der Waals surface area contributed by atoms with E-state index in [1.165, 1.54) is 0 Å². The summed E-state index contributed by atoms with van der Waals surface area (Å²) in [6.07, 6.45) is 5.35. The van der Waals surface area contributed by atoms with E-state index < -0.39 is 17.7 Å². The van der Waals surface area contributed by atoms with Crippen molar-refractivity contribution in [3.63, 3.8) is 0 Å². The van der Waals surface area contributed by atoms with Gasteiger partial charge in [-0.2, -0.15) is 0 Å². The van der Waals surface area contributed by atoms with E-state index in [0.717, 1.165) is 37.2 Å². The molecule has 8 heteroatoms. The number of hydrogen-bond donors (Lipinski definition) is 1. The van der Waals surface area contributed by atoms with Gasteiger partial charge in [0.25, 0.3) is 0 Å². The van der Waals surface area contributed by atoms with E-state index in [1.807, 2.05) is 39.8 Å². The van der Waals surface area contributed by atoms with E-state index in [9.17, 15) is 14.3 Å². The number of halogens is 1. The Balaban J connectivity index is 2.07. The maximum absolute atomic E-state index is 12.5. The number of carbonyl (C=O) groups is 1. The van der Waals surface area contributed by atoms with Crippen LogP contribution in [0.3, 0.4) is 0 Å². The Morgan fingerprint density at radius 3 is 2.42 bits per heavy atom. The fourth-order valence-corrected chi connectivity index (χ4v) is 4.38. The van der Waals surface area contributed by atoms with Crippen molar-refractivity contribution >= 4 is 11.7 Å². The van der Waals surface area contributed by atoms with Crippen molar-refractivity contribution in [2.24, 2.45) is 5.41 Å². The molecule has 1 saturated heterocycles. The number of unbranched alkanes of at least 4 members (excludes halogenated alkanes) is 1. The average Bonchev–Trinajstić information content (AvgIpc) is 2.80. The summed E-state index contributed by atoms with van der Waals surface area (Å²) >= 11 is 0. The number of carboxylic acids is 1. The summed E-state index contributed by atoms with van der Waals surface area (Å²) in [4.78, 5) is 24.0. The first-order valence-electron chi connectivity index (χ1n) is 12.7. The van der Waals surface area contributed by atoms with Crippen molar-refractivity contribution in [3.8, 4) is 17.0 Å². The molecule has 2 aromatic heterocycles. The van der Waals surface area contributed by atoms with E-state index in [1.54, 1.807) is 12.4 Å². The van der Waals surface area contributed by atoms with Gasteiger partial charge in [-0.1, -0.05) is 13.8 Å². The molecule has 3 heterocycles. The Bertz CT molecular complexity index is 1020. The number of alkyl halides is 1. The average molecular weight is 502 g/mol. The molecule has 198 valence electrons. The monoisotopic (exact) mass is 501 g/mol. The minimum atomic E-state index is -1.17. The summed E-state index contributed by atoms with van der Waals surface area (Å²) in [5.74, 6) is -0.436. The maximum Gasteiger partial charge on any atom is 0.337 e. The molecule has 0 amide bonds. The summed E-state index contributed by atoms with van der Waals surface area (Å²) in [6, 6.07) is 3.69. The summed E-state index contributed by atoms with van der Waals surface area (Å²) < 4.78 is 24.1. The molecular formula is C28H40FN3O4. The normalized spacial score (nSPS) is 16.6. The lowest BCUT2D eigenvalue weighted by Crippen LogP contribution is -2.39. The minimum absolute atomic E-state index is 0.229. The van der Waals surface area contributed by atoms with Gasteiger partial charge in [-0.3, -0.25) is 14.4 Å². The Hall–Kier alpha value is -2.74. The molecule has 0 radical (unpaired) electrons. The second-order valence-electron chi connectivity index (χ2n) is 11.2. The lowest BCUT2D eigenvalue weighted by atomic mass is 9.82. The number of aryl methyl sites for hydroxylation is 1. The van der Waals surface area contributed by atoms with Gasteiger partial charge in [0.1, 0.15) is 5.75 Å². The highest BCUT2D eigenvalue weighted by molar-refractivity contribution is 5.85. The summed E-state index contributed by atoms with van der Waals surface area (Å²) in [5.41, 5.74) is 3.03. The molecule has 0 aliphatic carbocycles. The van der Waals surface area contributed by atoms with Crippen LogP contribution < -0.4 is 9.64 Å². The molecule has 1 aliphatic heterocycles.